The summed E-state index contributed by atoms with van der Waals surface area (Å²) in [5, 5.41) is 10.4. The summed E-state index contributed by atoms with van der Waals surface area (Å²) < 4.78 is 7.97. The smallest absolute Gasteiger partial charge is 0.145 e. The van der Waals surface area contributed by atoms with Gasteiger partial charge in [0.15, 0.2) is 0 Å². The fourth-order valence-electron chi connectivity index (χ4n) is 4.75. The van der Waals surface area contributed by atoms with Crippen LogP contribution in [0.15, 0.2) is 29.7 Å². The molecular formula is C24H33N5OSi. The van der Waals surface area contributed by atoms with E-state index in [0.29, 0.717) is 25.0 Å². The molecule has 0 radical (unpaired) electrons. The molecule has 164 valence electrons. The zero-order valence-electron chi connectivity index (χ0n) is 18.9. The Morgan fingerprint density at radius 1 is 1.26 bits per heavy atom. The van der Waals surface area contributed by atoms with Gasteiger partial charge in [-0.1, -0.05) is 45.3 Å². The molecule has 2 aliphatic rings. The number of nitrogens with zero attached hydrogens (tertiary/aromatic N) is 5. The number of nitriles is 1. The fraction of sp³-hybridized carbons (Fsp3) is 0.583. The average molecular weight is 436 g/mol. The summed E-state index contributed by atoms with van der Waals surface area (Å²) in [6, 6.07) is 5.70. The minimum atomic E-state index is -1.09. The van der Waals surface area contributed by atoms with E-state index in [0.717, 1.165) is 35.0 Å². The van der Waals surface area contributed by atoms with Crippen molar-refractivity contribution in [3.63, 3.8) is 0 Å². The van der Waals surface area contributed by atoms with Crippen molar-refractivity contribution in [3.05, 3.63) is 30.4 Å². The predicted octanol–water partition coefficient (Wildman–Crippen LogP) is 5.30. The molecule has 0 aromatic carbocycles. The van der Waals surface area contributed by atoms with Gasteiger partial charge < -0.3 is 9.30 Å². The van der Waals surface area contributed by atoms with E-state index in [4.69, 9.17) is 9.73 Å². The van der Waals surface area contributed by atoms with Gasteiger partial charge in [-0.2, -0.15) is 5.26 Å². The molecule has 0 spiro atoms. The summed E-state index contributed by atoms with van der Waals surface area (Å²) in [4.78, 5) is 13.9. The molecule has 31 heavy (non-hydrogen) atoms. The van der Waals surface area contributed by atoms with Crippen LogP contribution in [0.2, 0.25) is 25.7 Å². The molecule has 1 fully saturated rings. The molecule has 0 saturated heterocycles. The van der Waals surface area contributed by atoms with Crippen molar-refractivity contribution in [2.24, 2.45) is 16.8 Å². The zero-order valence-corrected chi connectivity index (χ0v) is 19.9. The molecule has 1 aliphatic heterocycles. The maximum absolute atomic E-state index is 9.36. The molecule has 1 saturated carbocycles. The molecule has 2 aromatic heterocycles. The number of aliphatic imine (C=N–C) groups is 1. The van der Waals surface area contributed by atoms with Crippen molar-refractivity contribution in [2.45, 2.75) is 70.6 Å². The van der Waals surface area contributed by atoms with Crippen LogP contribution in [0, 0.1) is 23.2 Å². The van der Waals surface area contributed by atoms with Crippen LogP contribution in [-0.2, 0) is 11.5 Å². The van der Waals surface area contributed by atoms with Crippen LogP contribution < -0.4 is 0 Å². The van der Waals surface area contributed by atoms with Crippen molar-refractivity contribution < 1.29 is 4.74 Å². The summed E-state index contributed by atoms with van der Waals surface area (Å²) >= 11 is 0. The molecule has 0 amide bonds. The van der Waals surface area contributed by atoms with E-state index < -0.39 is 8.07 Å². The molecule has 6 nitrogen and oxygen atoms in total. The Bertz CT molecular complexity index is 1010. The average Bonchev–Trinajstić information content (AvgIpc) is 3.50. The highest BCUT2D eigenvalue weighted by Gasteiger charge is 2.32. The Hall–Kier alpha value is -2.30. The fourth-order valence-corrected chi connectivity index (χ4v) is 5.50. The van der Waals surface area contributed by atoms with Crippen LogP contribution in [0.3, 0.4) is 0 Å². The third-order valence-corrected chi connectivity index (χ3v) is 8.27. The van der Waals surface area contributed by atoms with E-state index >= 15 is 0 Å². The number of ether oxygens (including phenoxy) is 1. The van der Waals surface area contributed by atoms with Gasteiger partial charge >= 0.3 is 0 Å². The summed E-state index contributed by atoms with van der Waals surface area (Å²) in [6.07, 6.45) is 13.4. The monoisotopic (exact) mass is 435 g/mol. The normalized spacial score (nSPS) is 20.3. The van der Waals surface area contributed by atoms with Crippen molar-refractivity contribution in [2.75, 3.05) is 6.61 Å². The second kappa shape index (κ2) is 9.45. The third-order valence-electron chi connectivity index (χ3n) is 6.56. The highest BCUT2D eigenvalue weighted by Crippen LogP contribution is 2.38. The minimum Gasteiger partial charge on any atom is -0.361 e. The molecule has 2 unspecified atom stereocenters. The molecular weight excluding hydrogens is 402 g/mol. The van der Waals surface area contributed by atoms with Gasteiger partial charge in [0, 0.05) is 50.4 Å². The third kappa shape index (κ3) is 5.13. The van der Waals surface area contributed by atoms with Crippen molar-refractivity contribution >= 4 is 30.9 Å². The van der Waals surface area contributed by atoms with Crippen LogP contribution in [-0.4, -0.2) is 41.5 Å². The van der Waals surface area contributed by atoms with Crippen molar-refractivity contribution in [1.82, 2.24) is 14.5 Å². The molecule has 0 N–H and O–H groups in total. The Kier molecular flexibility index (Phi) is 6.68. The number of aromatic nitrogens is 3. The SMILES string of the molecule is C[Si](C)(C)CCOCn1ccc2c(C3=CC(C(CC#N)C4CCCC4)N=C3)ncnc21. The van der Waals surface area contributed by atoms with E-state index in [2.05, 4.69) is 47.8 Å². The molecule has 0 bridgehead atoms. The van der Waals surface area contributed by atoms with E-state index in [1.165, 1.54) is 25.7 Å². The number of fused-ring (bicyclic) bond motifs is 1. The van der Waals surface area contributed by atoms with Gasteiger partial charge in [0.1, 0.15) is 18.7 Å². The molecule has 3 heterocycles. The largest absolute Gasteiger partial charge is 0.361 e. The Morgan fingerprint density at radius 3 is 2.81 bits per heavy atom. The minimum absolute atomic E-state index is 0.0785. The van der Waals surface area contributed by atoms with Gasteiger partial charge in [0.25, 0.3) is 0 Å². The lowest BCUT2D eigenvalue weighted by Crippen LogP contribution is -2.22. The van der Waals surface area contributed by atoms with E-state index in [-0.39, 0.29) is 6.04 Å². The Morgan fingerprint density at radius 2 is 2.06 bits per heavy atom. The van der Waals surface area contributed by atoms with Crippen LogP contribution in [0.1, 0.15) is 37.8 Å². The molecule has 2 aromatic rings. The zero-order chi connectivity index (χ0) is 21.8. The Labute approximate surface area is 186 Å². The lowest BCUT2D eigenvalue weighted by atomic mass is 9.82. The van der Waals surface area contributed by atoms with Gasteiger partial charge in [0.05, 0.1) is 17.8 Å². The van der Waals surface area contributed by atoms with E-state index in [1.54, 1.807) is 6.33 Å². The first-order valence-electron chi connectivity index (χ1n) is 11.5. The first kappa shape index (κ1) is 21.9. The molecule has 2 atom stereocenters. The maximum Gasteiger partial charge on any atom is 0.145 e. The topological polar surface area (TPSA) is 76.1 Å². The van der Waals surface area contributed by atoms with Gasteiger partial charge in [-0.25, -0.2) is 9.97 Å². The maximum atomic E-state index is 9.36. The molecule has 1 aliphatic carbocycles. The number of hydrogen-bond donors (Lipinski definition) is 0. The summed E-state index contributed by atoms with van der Waals surface area (Å²) in [7, 11) is -1.09. The second-order valence-electron chi connectivity index (χ2n) is 10.1. The Balaban J connectivity index is 1.51. The van der Waals surface area contributed by atoms with Gasteiger partial charge in [-0.3, -0.25) is 4.99 Å². The molecule has 4 rings (SSSR count). The van der Waals surface area contributed by atoms with Crippen LogP contribution in [0.4, 0.5) is 0 Å². The van der Waals surface area contributed by atoms with Crippen LogP contribution >= 0.6 is 0 Å². The van der Waals surface area contributed by atoms with Crippen molar-refractivity contribution in [3.8, 4) is 6.07 Å². The lowest BCUT2D eigenvalue weighted by molar-refractivity contribution is 0.0899. The number of rotatable bonds is 9. The first-order valence-corrected chi connectivity index (χ1v) is 15.2. The number of hydrogen-bond acceptors (Lipinski definition) is 5. The van der Waals surface area contributed by atoms with Crippen LogP contribution in [0.5, 0.6) is 0 Å². The highest BCUT2D eigenvalue weighted by atomic mass is 28.3. The van der Waals surface area contributed by atoms with E-state index in [9.17, 15) is 5.26 Å². The van der Waals surface area contributed by atoms with Gasteiger partial charge in [0.2, 0.25) is 0 Å². The summed E-state index contributed by atoms with van der Waals surface area (Å²) in [6.45, 7) is 8.37. The lowest BCUT2D eigenvalue weighted by Gasteiger charge is -2.23. The highest BCUT2D eigenvalue weighted by molar-refractivity contribution is 6.76. The van der Waals surface area contributed by atoms with Gasteiger partial charge in [-0.15, -0.1) is 0 Å². The van der Waals surface area contributed by atoms with Crippen LogP contribution in [0.25, 0.3) is 16.6 Å². The number of allylic oxidation sites excluding steroid dienone is 1. The molecule has 7 heteroatoms. The standard InChI is InChI=1S/C24H33N5OSi/c1-31(2,3)13-12-30-17-29-11-9-21-23(27-16-28-24(21)29)19-14-22(26-15-19)20(8-10-25)18-6-4-5-7-18/h9,11,14-16,18,20,22H,4-8,12-13,17H2,1-3H3. The quantitative estimate of drug-likeness (QED) is 0.395. The van der Waals surface area contributed by atoms with E-state index in [1.807, 2.05) is 17.0 Å². The van der Waals surface area contributed by atoms with Crippen molar-refractivity contribution in [1.29, 1.82) is 5.26 Å². The van der Waals surface area contributed by atoms with Gasteiger partial charge in [-0.05, 0) is 24.1 Å². The first-order chi connectivity index (χ1) is 15.0. The second-order valence-corrected chi connectivity index (χ2v) is 15.7. The summed E-state index contributed by atoms with van der Waals surface area (Å²) in [5.41, 5.74) is 2.84. The predicted molar refractivity (Wildman–Crippen MR) is 128 cm³/mol. The summed E-state index contributed by atoms with van der Waals surface area (Å²) in [5.74, 6) is 0.917.